The minimum Gasteiger partial charge on any atom is -0.492 e. The Labute approximate surface area is 236 Å². The molecule has 0 radical (unpaired) electrons. The number of hydrogen-bond acceptors (Lipinski definition) is 7. The third kappa shape index (κ3) is 4.22. The van der Waals surface area contributed by atoms with Crippen LogP contribution >= 0.6 is 0 Å². The van der Waals surface area contributed by atoms with Gasteiger partial charge in [-0.2, -0.15) is 9.78 Å². The largest absolute Gasteiger partial charge is 0.492 e. The van der Waals surface area contributed by atoms with Crippen molar-refractivity contribution in [2.45, 2.75) is 19.9 Å². The Hall–Kier alpha value is -5.31. The van der Waals surface area contributed by atoms with Gasteiger partial charge in [0, 0.05) is 11.8 Å². The lowest BCUT2D eigenvalue weighted by Crippen LogP contribution is -2.46. The zero-order chi connectivity index (χ0) is 27.9. The summed E-state index contributed by atoms with van der Waals surface area (Å²) in [5, 5.41) is 8.38. The number of anilines is 2. The number of amidine groups is 2. The van der Waals surface area contributed by atoms with Crippen molar-refractivity contribution >= 4 is 34.6 Å². The second kappa shape index (κ2) is 10.0. The Morgan fingerprint density at radius 1 is 0.902 bits per heavy atom. The van der Waals surface area contributed by atoms with E-state index in [1.54, 1.807) is 10.9 Å². The fourth-order valence-electron chi connectivity index (χ4n) is 5.38. The molecule has 0 saturated carbocycles. The van der Waals surface area contributed by atoms with Crippen molar-refractivity contribution in [3.63, 3.8) is 0 Å². The van der Waals surface area contributed by atoms with E-state index in [1.807, 2.05) is 92.7 Å². The predicted octanol–water partition coefficient (Wildman–Crippen LogP) is 6.91. The smallest absolute Gasteiger partial charge is 0.179 e. The van der Waals surface area contributed by atoms with Crippen LogP contribution < -0.4 is 15.0 Å². The summed E-state index contributed by atoms with van der Waals surface area (Å²) >= 11 is 0. The van der Waals surface area contributed by atoms with Crippen molar-refractivity contribution in [3.8, 4) is 11.6 Å². The molecule has 1 N–H and O–H groups in total. The minimum absolute atomic E-state index is 0.296. The Kier molecular flexibility index (Phi) is 6.04. The molecule has 2 aliphatic rings. The number of ether oxygens (including phenoxy) is 1. The lowest BCUT2D eigenvalue weighted by molar-refractivity contribution is 0.342. The lowest BCUT2D eigenvalue weighted by atomic mass is 9.93. The second-order valence-corrected chi connectivity index (χ2v) is 9.69. The average Bonchev–Trinajstić information content (AvgIpc) is 3.34. The van der Waals surface area contributed by atoms with Gasteiger partial charge >= 0.3 is 0 Å². The molecule has 3 aromatic carbocycles. The first-order valence-corrected chi connectivity index (χ1v) is 13.4. The summed E-state index contributed by atoms with van der Waals surface area (Å²) < 4.78 is 21.8. The first-order valence-electron chi connectivity index (χ1n) is 13.4. The molecule has 5 aromatic rings. The molecule has 2 aliphatic heterocycles. The highest BCUT2D eigenvalue weighted by Crippen LogP contribution is 2.48. The number of para-hydroxylation sites is 4. The van der Waals surface area contributed by atoms with Crippen molar-refractivity contribution in [1.82, 2.24) is 14.8 Å². The molecule has 0 saturated heterocycles. The van der Waals surface area contributed by atoms with E-state index in [-0.39, 0.29) is 11.9 Å². The zero-order valence-corrected chi connectivity index (χ0v) is 22.5. The monoisotopic (exact) mass is 543 g/mol. The molecule has 4 heterocycles. The van der Waals surface area contributed by atoms with Crippen LogP contribution in [0.2, 0.25) is 0 Å². The van der Waals surface area contributed by atoms with Crippen LogP contribution in [0, 0.1) is 12.7 Å². The molecule has 8 nitrogen and oxygen atoms in total. The quantitative estimate of drug-likeness (QED) is 0.261. The number of hydrogen-bond donors (Lipinski definition) is 1. The van der Waals surface area contributed by atoms with Gasteiger partial charge in [-0.3, -0.25) is 0 Å². The molecule has 0 aliphatic carbocycles. The molecule has 0 bridgehead atoms. The van der Waals surface area contributed by atoms with Crippen molar-refractivity contribution in [1.29, 1.82) is 0 Å². The number of nitrogens with zero attached hydrogens (tertiary/aromatic N) is 6. The highest BCUT2D eigenvalue weighted by atomic mass is 19.1. The molecular weight excluding hydrogens is 517 g/mol. The predicted molar refractivity (Wildman–Crippen MR) is 159 cm³/mol. The molecule has 2 aromatic heterocycles. The van der Waals surface area contributed by atoms with Gasteiger partial charge < -0.3 is 15.0 Å². The summed E-state index contributed by atoms with van der Waals surface area (Å²) in [6.45, 7) is 4.45. The van der Waals surface area contributed by atoms with E-state index >= 15 is 0 Å². The summed E-state index contributed by atoms with van der Waals surface area (Å²) in [5.74, 6) is 2.87. The van der Waals surface area contributed by atoms with E-state index in [4.69, 9.17) is 19.8 Å². The Bertz CT molecular complexity index is 1810. The van der Waals surface area contributed by atoms with Crippen LogP contribution in [0.3, 0.4) is 0 Å². The van der Waals surface area contributed by atoms with E-state index in [2.05, 4.69) is 15.2 Å². The molecule has 9 heteroatoms. The number of aromatic nitrogens is 3. The standard InChI is InChI=1S/C32H26FN7O/c1-3-41-26-13-7-5-11-24(26)36-30-32-37-31-28(20(2)38-40(31)27-14-8-9-19-34-27)29(21-15-17-22(33)18-16-21)39(32)25-12-6-4-10-23(25)35-30/h4-19,29H,3H2,1-2H3,(H,35,36)/t29-/m0/s1. The first-order chi connectivity index (χ1) is 20.1. The molecule has 41 heavy (non-hydrogen) atoms. The Morgan fingerprint density at radius 2 is 1.68 bits per heavy atom. The van der Waals surface area contributed by atoms with Gasteiger partial charge in [0.1, 0.15) is 11.6 Å². The lowest BCUT2D eigenvalue weighted by Gasteiger charge is -2.40. The van der Waals surface area contributed by atoms with Crippen molar-refractivity contribution in [2.24, 2.45) is 9.98 Å². The summed E-state index contributed by atoms with van der Waals surface area (Å²) in [4.78, 5) is 16.9. The van der Waals surface area contributed by atoms with Crippen molar-refractivity contribution < 1.29 is 9.13 Å². The van der Waals surface area contributed by atoms with Gasteiger partial charge in [-0.15, -0.1) is 0 Å². The van der Waals surface area contributed by atoms with Crippen LogP contribution in [0.5, 0.6) is 5.75 Å². The number of rotatable bonds is 5. The zero-order valence-electron chi connectivity index (χ0n) is 22.5. The summed E-state index contributed by atoms with van der Waals surface area (Å²) in [7, 11) is 0. The minimum atomic E-state index is -0.355. The molecule has 0 spiro atoms. The molecule has 1 atom stereocenters. The molecule has 0 fully saturated rings. The van der Waals surface area contributed by atoms with E-state index in [0.717, 1.165) is 33.9 Å². The van der Waals surface area contributed by atoms with E-state index < -0.39 is 0 Å². The van der Waals surface area contributed by atoms with Crippen LogP contribution in [0.4, 0.5) is 27.3 Å². The number of pyridine rings is 1. The number of fused-ring (bicyclic) bond motifs is 4. The first kappa shape index (κ1) is 24.7. The van der Waals surface area contributed by atoms with Crippen molar-refractivity contribution in [2.75, 3.05) is 16.8 Å². The van der Waals surface area contributed by atoms with E-state index in [0.29, 0.717) is 35.7 Å². The molecule has 202 valence electrons. The highest BCUT2D eigenvalue weighted by molar-refractivity contribution is 6.51. The van der Waals surface area contributed by atoms with Gasteiger partial charge in [0.05, 0.1) is 35.4 Å². The van der Waals surface area contributed by atoms with Gasteiger partial charge in [-0.25, -0.2) is 19.4 Å². The third-order valence-corrected chi connectivity index (χ3v) is 7.13. The van der Waals surface area contributed by atoms with E-state index in [9.17, 15) is 4.39 Å². The Morgan fingerprint density at radius 3 is 2.49 bits per heavy atom. The second-order valence-electron chi connectivity index (χ2n) is 9.69. The fourth-order valence-corrected chi connectivity index (χ4v) is 5.38. The van der Waals surface area contributed by atoms with Crippen LogP contribution in [0.25, 0.3) is 5.82 Å². The SMILES string of the molecule is CCOc1ccccc1NC1=Nc2ccccc2N2C1=Nc1c(c(C)nn1-c1ccccn1)[C@@H]2c1ccc(F)cc1. The normalized spacial score (nSPS) is 15.3. The summed E-state index contributed by atoms with van der Waals surface area (Å²) in [6.07, 6.45) is 1.73. The summed E-state index contributed by atoms with van der Waals surface area (Å²) in [5.41, 5.74) is 5.06. The maximum absolute atomic E-state index is 14.1. The fraction of sp³-hybridized carbons (Fsp3) is 0.125. The van der Waals surface area contributed by atoms with Gasteiger partial charge in [0.15, 0.2) is 23.3 Å². The van der Waals surface area contributed by atoms with Crippen LogP contribution in [0.15, 0.2) is 107 Å². The highest BCUT2D eigenvalue weighted by Gasteiger charge is 2.41. The van der Waals surface area contributed by atoms with Crippen molar-refractivity contribution in [3.05, 3.63) is 120 Å². The third-order valence-electron chi connectivity index (χ3n) is 7.13. The summed E-state index contributed by atoms with van der Waals surface area (Å²) in [6, 6.07) is 27.6. The molecular formula is C32H26FN7O. The topological polar surface area (TPSA) is 79.9 Å². The number of halogens is 1. The Balaban J connectivity index is 1.48. The number of aliphatic imine (C=N–C) groups is 2. The molecule has 0 amide bonds. The number of aryl methyl sites for hydroxylation is 1. The van der Waals surface area contributed by atoms with Crippen LogP contribution in [-0.2, 0) is 0 Å². The van der Waals surface area contributed by atoms with Crippen LogP contribution in [-0.4, -0.2) is 33.0 Å². The van der Waals surface area contributed by atoms with Gasteiger partial charge in [-0.05, 0) is 67.9 Å². The molecule has 0 unspecified atom stereocenters. The maximum atomic E-state index is 14.1. The van der Waals surface area contributed by atoms with Gasteiger partial charge in [0.2, 0.25) is 0 Å². The van der Waals surface area contributed by atoms with Crippen LogP contribution in [0.1, 0.15) is 29.8 Å². The number of nitrogens with one attached hydrogen (secondary N) is 1. The van der Waals surface area contributed by atoms with E-state index in [1.165, 1.54) is 12.1 Å². The average molecular weight is 544 g/mol. The molecule has 7 rings (SSSR count). The van der Waals surface area contributed by atoms with Gasteiger partial charge in [-0.1, -0.05) is 42.5 Å². The maximum Gasteiger partial charge on any atom is 0.179 e. The number of benzene rings is 3. The van der Waals surface area contributed by atoms with Gasteiger partial charge in [0.25, 0.3) is 0 Å².